The highest BCUT2D eigenvalue weighted by Crippen LogP contribution is 2.53. The van der Waals surface area contributed by atoms with Crippen LogP contribution in [-0.4, -0.2) is 0 Å². The van der Waals surface area contributed by atoms with Gasteiger partial charge in [-0.15, -0.1) is 9.24 Å². The first-order chi connectivity index (χ1) is 5.21. The lowest BCUT2D eigenvalue weighted by atomic mass is 10.1. The van der Waals surface area contributed by atoms with Crippen LogP contribution < -0.4 is 0 Å². The lowest BCUT2D eigenvalue weighted by Gasteiger charge is -2.06. The third-order valence-corrected chi connectivity index (χ3v) is 3.12. The second-order valence-corrected chi connectivity index (χ2v) is 4.27. The number of hydrogen-bond donors (Lipinski definition) is 0. The van der Waals surface area contributed by atoms with Crippen molar-refractivity contribution in [2.75, 3.05) is 0 Å². The molecule has 1 unspecified atom stereocenters. The Hall–Kier alpha value is -0.420. The monoisotopic (exact) mass is 168 g/mol. The van der Waals surface area contributed by atoms with E-state index in [0.717, 1.165) is 0 Å². The summed E-state index contributed by atoms with van der Waals surface area (Å²) in [5, 5.41) is 0.285. The second-order valence-electron chi connectivity index (χ2n) is 3.16. The first-order valence-electron chi connectivity index (χ1n) is 3.76. The summed E-state index contributed by atoms with van der Waals surface area (Å²) < 4.78 is 12.5. The maximum absolute atomic E-state index is 12.5. The molecule has 1 aromatic carbocycles. The van der Waals surface area contributed by atoms with Gasteiger partial charge in [-0.05, 0) is 30.5 Å². The van der Waals surface area contributed by atoms with Crippen molar-refractivity contribution in [1.29, 1.82) is 0 Å². The van der Waals surface area contributed by atoms with Crippen LogP contribution in [0.3, 0.4) is 0 Å². The van der Waals surface area contributed by atoms with Gasteiger partial charge in [-0.1, -0.05) is 12.1 Å². The topological polar surface area (TPSA) is 0 Å². The van der Waals surface area contributed by atoms with Gasteiger partial charge in [0.2, 0.25) is 0 Å². The van der Waals surface area contributed by atoms with Gasteiger partial charge < -0.3 is 0 Å². The van der Waals surface area contributed by atoms with Crippen molar-refractivity contribution >= 4 is 9.24 Å². The molecule has 11 heavy (non-hydrogen) atoms. The predicted octanol–water partition coefficient (Wildman–Crippen LogP) is 2.69. The molecule has 2 rings (SSSR count). The SMILES string of the molecule is Fc1ccc(C2(P)CC2)cc1. The van der Waals surface area contributed by atoms with E-state index in [4.69, 9.17) is 0 Å². The fraction of sp³-hybridized carbons (Fsp3) is 0.333. The summed E-state index contributed by atoms with van der Waals surface area (Å²) in [4.78, 5) is 0. The highest BCUT2D eigenvalue weighted by atomic mass is 31.0. The Morgan fingerprint density at radius 2 is 1.73 bits per heavy atom. The highest BCUT2D eigenvalue weighted by molar-refractivity contribution is 7.19. The van der Waals surface area contributed by atoms with Crippen LogP contribution >= 0.6 is 9.24 Å². The zero-order valence-electron chi connectivity index (χ0n) is 6.18. The lowest BCUT2D eigenvalue weighted by Crippen LogP contribution is -1.93. The minimum Gasteiger partial charge on any atom is -0.207 e. The minimum atomic E-state index is -0.150. The van der Waals surface area contributed by atoms with Crippen molar-refractivity contribution in [3.63, 3.8) is 0 Å². The van der Waals surface area contributed by atoms with Gasteiger partial charge in [0.05, 0.1) is 0 Å². The van der Waals surface area contributed by atoms with Gasteiger partial charge in [0, 0.05) is 5.16 Å². The van der Waals surface area contributed by atoms with Gasteiger partial charge >= 0.3 is 0 Å². The standard InChI is InChI=1S/C9H10FP/c10-8-3-1-7(2-4-8)9(11)5-6-9/h1-4H,5-6,11H2. The summed E-state index contributed by atoms with van der Waals surface area (Å²) in [5.74, 6) is -0.150. The largest absolute Gasteiger partial charge is 0.207 e. The first-order valence-corrected chi connectivity index (χ1v) is 4.33. The van der Waals surface area contributed by atoms with Crippen LogP contribution in [0.15, 0.2) is 24.3 Å². The molecule has 0 aliphatic heterocycles. The summed E-state index contributed by atoms with van der Waals surface area (Å²) in [6, 6.07) is 6.80. The number of rotatable bonds is 1. The molecular weight excluding hydrogens is 158 g/mol. The van der Waals surface area contributed by atoms with Crippen LogP contribution in [0, 0.1) is 5.82 Å². The fourth-order valence-corrected chi connectivity index (χ4v) is 1.54. The van der Waals surface area contributed by atoms with Crippen molar-refractivity contribution in [1.82, 2.24) is 0 Å². The van der Waals surface area contributed by atoms with Gasteiger partial charge in [0.15, 0.2) is 0 Å². The van der Waals surface area contributed by atoms with Crippen LogP contribution in [0.5, 0.6) is 0 Å². The molecule has 0 amide bonds. The van der Waals surface area contributed by atoms with E-state index in [1.54, 1.807) is 0 Å². The van der Waals surface area contributed by atoms with Crippen LogP contribution in [0.25, 0.3) is 0 Å². The van der Waals surface area contributed by atoms with Gasteiger partial charge in [0.1, 0.15) is 5.82 Å². The second kappa shape index (κ2) is 2.28. The quantitative estimate of drug-likeness (QED) is 0.565. The number of hydrogen-bond acceptors (Lipinski definition) is 0. The minimum absolute atomic E-state index is 0.150. The Labute approximate surface area is 68.0 Å². The van der Waals surface area contributed by atoms with Gasteiger partial charge in [-0.2, -0.15) is 0 Å². The normalized spacial score (nSPS) is 19.8. The van der Waals surface area contributed by atoms with Gasteiger partial charge in [-0.3, -0.25) is 0 Å². The molecule has 0 spiro atoms. The highest BCUT2D eigenvalue weighted by Gasteiger charge is 2.39. The van der Waals surface area contributed by atoms with Crippen LogP contribution in [0.4, 0.5) is 4.39 Å². The zero-order chi connectivity index (χ0) is 7.90. The predicted molar refractivity (Wildman–Crippen MR) is 47.0 cm³/mol. The van der Waals surface area contributed by atoms with Crippen LogP contribution in [-0.2, 0) is 5.16 Å². The van der Waals surface area contributed by atoms with E-state index in [0.29, 0.717) is 0 Å². The molecule has 0 bridgehead atoms. The van der Waals surface area contributed by atoms with Gasteiger partial charge in [0.25, 0.3) is 0 Å². The molecule has 1 aliphatic rings. The summed E-state index contributed by atoms with van der Waals surface area (Å²) >= 11 is 0. The summed E-state index contributed by atoms with van der Waals surface area (Å²) in [6.07, 6.45) is 2.42. The molecule has 0 radical (unpaired) electrons. The molecule has 0 saturated heterocycles. The van der Waals surface area contributed by atoms with E-state index >= 15 is 0 Å². The maximum atomic E-state index is 12.5. The van der Waals surface area contributed by atoms with E-state index in [-0.39, 0.29) is 11.0 Å². The molecule has 1 atom stereocenters. The average molecular weight is 168 g/mol. The van der Waals surface area contributed by atoms with Crippen LogP contribution in [0.1, 0.15) is 18.4 Å². The molecule has 0 aromatic heterocycles. The Bertz CT molecular complexity index is 261. The summed E-state index contributed by atoms with van der Waals surface area (Å²) in [6.45, 7) is 0. The number of benzene rings is 1. The van der Waals surface area contributed by atoms with Crippen molar-refractivity contribution in [3.8, 4) is 0 Å². The fourth-order valence-electron chi connectivity index (χ4n) is 1.21. The molecular formula is C9H10FP. The van der Waals surface area contributed by atoms with E-state index in [1.807, 2.05) is 12.1 Å². The van der Waals surface area contributed by atoms with Crippen molar-refractivity contribution < 1.29 is 4.39 Å². The van der Waals surface area contributed by atoms with E-state index in [1.165, 1.54) is 30.5 Å². The third-order valence-electron chi connectivity index (χ3n) is 2.21. The molecule has 1 saturated carbocycles. The van der Waals surface area contributed by atoms with Crippen molar-refractivity contribution in [3.05, 3.63) is 35.6 Å². The molecule has 1 fully saturated rings. The Morgan fingerprint density at radius 3 is 2.18 bits per heavy atom. The lowest BCUT2D eigenvalue weighted by molar-refractivity contribution is 0.627. The van der Waals surface area contributed by atoms with Crippen LogP contribution in [0.2, 0.25) is 0 Å². The zero-order valence-corrected chi connectivity index (χ0v) is 7.33. The molecule has 1 aromatic rings. The van der Waals surface area contributed by atoms with E-state index < -0.39 is 0 Å². The summed E-state index contributed by atoms with van der Waals surface area (Å²) in [7, 11) is 2.83. The van der Waals surface area contributed by atoms with Crippen molar-refractivity contribution in [2.24, 2.45) is 0 Å². The molecule has 58 valence electrons. The average Bonchev–Trinajstić information content (AvgIpc) is 2.70. The smallest absolute Gasteiger partial charge is 0.123 e. The Kier molecular flexibility index (Phi) is 1.50. The Morgan fingerprint density at radius 1 is 1.18 bits per heavy atom. The van der Waals surface area contributed by atoms with Crippen molar-refractivity contribution in [2.45, 2.75) is 18.0 Å². The Balaban J connectivity index is 2.33. The molecule has 2 heteroatoms. The van der Waals surface area contributed by atoms with Gasteiger partial charge in [-0.25, -0.2) is 4.39 Å². The van der Waals surface area contributed by atoms with E-state index in [9.17, 15) is 4.39 Å². The van der Waals surface area contributed by atoms with E-state index in [2.05, 4.69) is 9.24 Å². The molecule has 0 heterocycles. The molecule has 0 nitrogen and oxygen atoms in total. The third kappa shape index (κ3) is 1.30. The number of halogens is 1. The maximum Gasteiger partial charge on any atom is 0.123 e. The summed E-state index contributed by atoms with van der Waals surface area (Å²) in [5.41, 5.74) is 1.24. The first kappa shape index (κ1) is 7.24. The molecule has 0 N–H and O–H groups in total. The molecule has 1 aliphatic carbocycles.